The Labute approximate surface area is 129 Å². The first-order valence-electron chi connectivity index (χ1n) is 7.71. The van der Waals surface area contributed by atoms with E-state index >= 15 is 0 Å². The lowest BCUT2D eigenvalue weighted by Crippen LogP contribution is -2.24. The molecule has 1 aromatic rings. The average molecular weight is 290 g/mol. The molecule has 0 unspecified atom stereocenters. The summed E-state index contributed by atoms with van der Waals surface area (Å²) in [7, 11) is 0. The van der Waals surface area contributed by atoms with Crippen molar-refractivity contribution in [2.45, 2.75) is 73.1 Å². The minimum Gasteiger partial charge on any atom is -0.426 e. The molecular formula is C19H30O2. The van der Waals surface area contributed by atoms with Crippen molar-refractivity contribution in [1.29, 1.82) is 0 Å². The van der Waals surface area contributed by atoms with Gasteiger partial charge >= 0.3 is 5.97 Å². The molecule has 0 spiro atoms. The topological polar surface area (TPSA) is 26.3 Å². The van der Waals surface area contributed by atoms with Gasteiger partial charge in [0.1, 0.15) is 5.75 Å². The first kappa shape index (κ1) is 17.7. The molecule has 0 N–H and O–H groups in total. The summed E-state index contributed by atoms with van der Waals surface area (Å²) in [5.41, 5.74) is 3.26. The second-order valence-electron chi connectivity index (χ2n) is 8.26. The Balaban J connectivity index is 3.58. The van der Waals surface area contributed by atoms with Crippen LogP contribution in [0.5, 0.6) is 5.75 Å². The van der Waals surface area contributed by atoms with Crippen LogP contribution in [-0.2, 0) is 15.6 Å². The first-order chi connectivity index (χ1) is 9.34. The molecule has 118 valence electrons. The smallest absolute Gasteiger partial charge is 0.313 e. The number of carbonyl (C=O) groups is 1. The molecule has 0 saturated carbocycles. The summed E-state index contributed by atoms with van der Waals surface area (Å²) in [5, 5.41) is 0. The van der Waals surface area contributed by atoms with E-state index in [1.54, 1.807) is 0 Å². The number of ether oxygens (including phenoxy) is 1. The summed E-state index contributed by atoms with van der Waals surface area (Å²) in [6.45, 7) is 18.7. The number of carbonyl (C=O) groups excluding carboxylic acids is 1. The molecule has 0 bridgehead atoms. The van der Waals surface area contributed by atoms with Gasteiger partial charge in [0, 0.05) is 11.1 Å². The lowest BCUT2D eigenvalue weighted by Gasteiger charge is -2.30. The van der Waals surface area contributed by atoms with E-state index < -0.39 is 0 Å². The molecule has 0 atom stereocenters. The standard InChI is InChI=1S/C19H30O2/c1-12(2)17(20)21-16-14(18(4,5)6)10-13(3)11-15(16)19(7,8)9/h10-12H,1-9H3. The highest BCUT2D eigenvalue weighted by atomic mass is 16.5. The van der Waals surface area contributed by atoms with Crippen LogP contribution in [-0.4, -0.2) is 5.97 Å². The quantitative estimate of drug-likeness (QED) is 0.556. The number of aryl methyl sites for hydroxylation is 1. The number of benzene rings is 1. The van der Waals surface area contributed by atoms with Gasteiger partial charge in [0.15, 0.2) is 0 Å². The van der Waals surface area contributed by atoms with Gasteiger partial charge in [0.25, 0.3) is 0 Å². The summed E-state index contributed by atoms with van der Waals surface area (Å²) in [6, 6.07) is 4.27. The van der Waals surface area contributed by atoms with E-state index in [2.05, 4.69) is 60.6 Å². The van der Waals surface area contributed by atoms with Crippen LogP contribution in [0.3, 0.4) is 0 Å². The molecule has 0 aliphatic carbocycles. The molecule has 0 saturated heterocycles. The van der Waals surface area contributed by atoms with Crippen molar-refractivity contribution in [2.75, 3.05) is 0 Å². The molecule has 0 aromatic heterocycles. The van der Waals surface area contributed by atoms with Crippen molar-refractivity contribution in [3.05, 3.63) is 28.8 Å². The molecular weight excluding hydrogens is 260 g/mol. The Hall–Kier alpha value is -1.31. The Morgan fingerprint density at radius 2 is 1.33 bits per heavy atom. The van der Waals surface area contributed by atoms with Gasteiger partial charge < -0.3 is 4.74 Å². The molecule has 2 nitrogen and oxygen atoms in total. The molecule has 0 heterocycles. The van der Waals surface area contributed by atoms with Gasteiger partial charge in [-0.15, -0.1) is 0 Å². The van der Waals surface area contributed by atoms with Crippen LogP contribution in [0, 0.1) is 12.8 Å². The molecule has 21 heavy (non-hydrogen) atoms. The van der Waals surface area contributed by atoms with E-state index in [9.17, 15) is 4.79 Å². The minimum atomic E-state index is -0.171. The zero-order valence-corrected chi connectivity index (χ0v) is 15.0. The minimum absolute atomic E-state index is 0.0708. The lowest BCUT2D eigenvalue weighted by atomic mass is 9.78. The molecule has 0 amide bonds. The van der Waals surface area contributed by atoms with Gasteiger partial charge in [-0.1, -0.05) is 73.1 Å². The third kappa shape index (κ3) is 4.33. The fraction of sp³-hybridized carbons (Fsp3) is 0.632. The van der Waals surface area contributed by atoms with Crippen LogP contribution in [0.4, 0.5) is 0 Å². The zero-order chi connectivity index (χ0) is 16.6. The molecule has 1 rings (SSSR count). The number of hydrogen-bond acceptors (Lipinski definition) is 2. The van der Waals surface area contributed by atoms with Gasteiger partial charge in [-0.2, -0.15) is 0 Å². The van der Waals surface area contributed by atoms with Crippen LogP contribution in [0.1, 0.15) is 72.1 Å². The second kappa shape index (κ2) is 5.82. The van der Waals surface area contributed by atoms with Crippen LogP contribution in [0.25, 0.3) is 0 Å². The summed E-state index contributed by atoms with van der Waals surface area (Å²) >= 11 is 0. The summed E-state index contributed by atoms with van der Waals surface area (Å²) < 4.78 is 5.81. The van der Waals surface area contributed by atoms with Gasteiger partial charge in [-0.05, 0) is 17.8 Å². The maximum Gasteiger partial charge on any atom is 0.313 e. The van der Waals surface area contributed by atoms with E-state index in [0.717, 1.165) is 16.9 Å². The maximum absolute atomic E-state index is 12.1. The van der Waals surface area contributed by atoms with E-state index in [0.29, 0.717) is 0 Å². The molecule has 0 aliphatic heterocycles. The summed E-state index contributed by atoms with van der Waals surface area (Å²) in [5.74, 6) is 0.445. The van der Waals surface area contributed by atoms with Crippen molar-refractivity contribution in [2.24, 2.45) is 5.92 Å². The first-order valence-corrected chi connectivity index (χ1v) is 7.71. The van der Waals surface area contributed by atoms with Crippen molar-refractivity contribution in [3.8, 4) is 5.75 Å². The highest BCUT2D eigenvalue weighted by Crippen LogP contribution is 2.40. The van der Waals surface area contributed by atoms with Crippen molar-refractivity contribution in [1.82, 2.24) is 0 Å². The zero-order valence-electron chi connectivity index (χ0n) is 15.0. The largest absolute Gasteiger partial charge is 0.426 e. The fourth-order valence-electron chi connectivity index (χ4n) is 2.22. The predicted molar refractivity (Wildman–Crippen MR) is 89.1 cm³/mol. The molecule has 0 fully saturated rings. The van der Waals surface area contributed by atoms with Gasteiger partial charge in [-0.25, -0.2) is 0 Å². The van der Waals surface area contributed by atoms with E-state index in [4.69, 9.17) is 4.74 Å². The summed E-state index contributed by atoms with van der Waals surface area (Å²) in [6.07, 6.45) is 0. The van der Waals surface area contributed by atoms with E-state index in [1.165, 1.54) is 5.56 Å². The third-order valence-corrected chi connectivity index (χ3v) is 3.52. The van der Waals surface area contributed by atoms with Crippen LogP contribution < -0.4 is 4.74 Å². The average Bonchev–Trinajstić information content (AvgIpc) is 2.27. The Morgan fingerprint density at radius 3 is 1.62 bits per heavy atom. The number of esters is 1. The van der Waals surface area contributed by atoms with Crippen molar-refractivity contribution in [3.63, 3.8) is 0 Å². The molecule has 0 radical (unpaired) electrons. The highest BCUT2D eigenvalue weighted by molar-refractivity contribution is 5.75. The Morgan fingerprint density at radius 1 is 0.952 bits per heavy atom. The van der Waals surface area contributed by atoms with E-state index in [-0.39, 0.29) is 22.7 Å². The summed E-state index contributed by atoms with van der Waals surface area (Å²) in [4.78, 5) is 12.1. The van der Waals surface area contributed by atoms with Crippen molar-refractivity contribution >= 4 is 5.97 Å². The van der Waals surface area contributed by atoms with Crippen LogP contribution in [0.2, 0.25) is 0 Å². The van der Waals surface area contributed by atoms with Gasteiger partial charge in [0.05, 0.1) is 5.92 Å². The second-order valence-corrected chi connectivity index (χ2v) is 8.26. The third-order valence-electron chi connectivity index (χ3n) is 3.52. The Kier molecular flexibility index (Phi) is 4.92. The van der Waals surface area contributed by atoms with E-state index in [1.807, 2.05) is 13.8 Å². The monoisotopic (exact) mass is 290 g/mol. The number of rotatable bonds is 2. The number of hydrogen-bond donors (Lipinski definition) is 0. The normalized spacial score (nSPS) is 12.7. The highest BCUT2D eigenvalue weighted by Gasteiger charge is 2.29. The van der Waals surface area contributed by atoms with Gasteiger partial charge in [0.2, 0.25) is 0 Å². The SMILES string of the molecule is Cc1cc(C(C)(C)C)c(OC(=O)C(C)C)c(C(C)(C)C)c1. The fourth-order valence-corrected chi connectivity index (χ4v) is 2.22. The van der Waals surface area contributed by atoms with Gasteiger partial charge in [-0.3, -0.25) is 4.79 Å². The van der Waals surface area contributed by atoms with Crippen LogP contribution in [0.15, 0.2) is 12.1 Å². The lowest BCUT2D eigenvalue weighted by molar-refractivity contribution is -0.137. The molecule has 1 aromatic carbocycles. The Bertz CT molecular complexity index is 490. The molecule has 0 aliphatic rings. The predicted octanol–water partition coefficient (Wildman–Crippen LogP) is 5.15. The maximum atomic E-state index is 12.1. The molecule has 2 heteroatoms. The van der Waals surface area contributed by atoms with Crippen LogP contribution >= 0.6 is 0 Å². The van der Waals surface area contributed by atoms with Crippen molar-refractivity contribution < 1.29 is 9.53 Å².